The summed E-state index contributed by atoms with van der Waals surface area (Å²) in [5, 5.41) is 4.88. The van der Waals surface area contributed by atoms with E-state index in [0.717, 1.165) is 10.8 Å². The fourth-order valence-electron chi connectivity index (χ4n) is 3.49. The summed E-state index contributed by atoms with van der Waals surface area (Å²) in [5.74, 6) is 0.297. The Balaban J connectivity index is 1.34. The van der Waals surface area contributed by atoms with Crippen LogP contribution in [-0.4, -0.2) is 63.4 Å². The van der Waals surface area contributed by atoms with Gasteiger partial charge in [0.25, 0.3) is 5.91 Å². The minimum atomic E-state index is -3.53. The number of carbonyl (C=O) groups excluding carboxylic acids is 1. The average Bonchev–Trinajstić information content (AvgIpc) is 2.78. The smallest absolute Gasteiger partial charge is 0.262 e. The highest BCUT2D eigenvalue weighted by Gasteiger charge is 2.27. The Morgan fingerprint density at radius 3 is 2.32 bits per heavy atom. The molecule has 0 saturated carbocycles. The highest BCUT2D eigenvalue weighted by atomic mass is 32.2. The van der Waals surface area contributed by atoms with Crippen LogP contribution in [0.25, 0.3) is 10.8 Å². The summed E-state index contributed by atoms with van der Waals surface area (Å²) in [7, 11) is -1.55. The summed E-state index contributed by atoms with van der Waals surface area (Å²) < 4.78 is 32.7. The number of carbonyl (C=O) groups is 1. The van der Waals surface area contributed by atoms with Gasteiger partial charge in [-0.05, 0) is 54.2 Å². The minimum Gasteiger partial charge on any atom is -0.484 e. The molecule has 31 heavy (non-hydrogen) atoms. The highest BCUT2D eigenvalue weighted by Crippen LogP contribution is 2.21. The van der Waals surface area contributed by atoms with Gasteiger partial charge in [0.05, 0.1) is 4.90 Å². The predicted octanol–water partition coefficient (Wildman–Crippen LogP) is 2.79. The highest BCUT2D eigenvalue weighted by molar-refractivity contribution is 7.89. The molecule has 1 heterocycles. The van der Waals surface area contributed by atoms with Crippen molar-refractivity contribution in [2.75, 3.05) is 45.2 Å². The SMILES string of the molecule is CN1CCN(S(=O)(=O)c2ccc(NC(=O)COc3ccc4ccccc4c3)cc2)CC1. The number of fused-ring (bicyclic) bond motifs is 1. The molecule has 0 radical (unpaired) electrons. The standard InChI is InChI=1S/C23H25N3O4S/c1-25-12-14-26(15-13-25)31(28,29)22-10-7-20(8-11-22)24-23(27)17-30-21-9-6-18-4-2-3-5-19(18)16-21/h2-11,16H,12-15,17H2,1H3,(H,24,27). The quantitative estimate of drug-likeness (QED) is 0.639. The molecule has 1 N–H and O–H groups in total. The number of nitrogens with one attached hydrogen (secondary N) is 1. The van der Waals surface area contributed by atoms with Gasteiger partial charge in [-0.25, -0.2) is 8.42 Å². The Labute approximate surface area is 182 Å². The molecular weight excluding hydrogens is 414 g/mol. The van der Waals surface area contributed by atoms with E-state index in [1.165, 1.54) is 16.4 Å². The molecule has 0 aromatic heterocycles. The van der Waals surface area contributed by atoms with Gasteiger partial charge in [-0.2, -0.15) is 4.31 Å². The maximum absolute atomic E-state index is 12.8. The molecule has 0 aliphatic carbocycles. The van der Waals surface area contributed by atoms with Crippen LogP contribution in [-0.2, 0) is 14.8 Å². The number of hydrogen-bond acceptors (Lipinski definition) is 5. The Hall–Kier alpha value is -2.94. The van der Waals surface area contributed by atoms with Gasteiger partial charge in [0.15, 0.2) is 6.61 Å². The lowest BCUT2D eigenvalue weighted by Crippen LogP contribution is -2.46. The summed E-state index contributed by atoms with van der Waals surface area (Å²) in [6.45, 7) is 2.24. The first-order chi connectivity index (χ1) is 14.9. The summed E-state index contributed by atoms with van der Waals surface area (Å²) in [4.78, 5) is 14.6. The van der Waals surface area contributed by atoms with Crippen molar-refractivity contribution in [1.82, 2.24) is 9.21 Å². The van der Waals surface area contributed by atoms with Gasteiger partial charge in [0.2, 0.25) is 10.0 Å². The lowest BCUT2D eigenvalue weighted by atomic mass is 10.1. The second kappa shape index (κ2) is 9.05. The van der Waals surface area contributed by atoms with Crippen LogP contribution in [0.15, 0.2) is 71.6 Å². The fourth-order valence-corrected chi connectivity index (χ4v) is 4.91. The van der Waals surface area contributed by atoms with Crippen LogP contribution in [0.3, 0.4) is 0 Å². The molecule has 4 rings (SSSR count). The van der Waals surface area contributed by atoms with E-state index in [9.17, 15) is 13.2 Å². The van der Waals surface area contributed by atoms with Gasteiger partial charge in [-0.15, -0.1) is 0 Å². The van der Waals surface area contributed by atoms with Crippen LogP contribution in [0.2, 0.25) is 0 Å². The van der Waals surface area contributed by atoms with Gasteiger partial charge < -0.3 is 15.0 Å². The molecule has 1 saturated heterocycles. The predicted molar refractivity (Wildman–Crippen MR) is 121 cm³/mol. The zero-order valence-electron chi connectivity index (χ0n) is 17.3. The van der Waals surface area contributed by atoms with Gasteiger partial charge in [0, 0.05) is 31.9 Å². The summed E-state index contributed by atoms with van der Waals surface area (Å²) >= 11 is 0. The number of anilines is 1. The van der Waals surface area contributed by atoms with Crippen LogP contribution < -0.4 is 10.1 Å². The monoisotopic (exact) mass is 439 g/mol. The molecule has 3 aromatic carbocycles. The third-order valence-electron chi connectivity index (χ3n) is 5.33. The molecule has 0 spiro atoms. The van der Waals surface area contributed by atoms with Crippen molar-refractivity contribution in [3.63, 3.8) is 0 Å². The van der Waals surface area contributed by atoms with Crippen molar-refractivity contribution in [2.45, 2.75) is 4.90 Å². The Bertz CT molecular complexity index is 1170. The largest absolute Gasteiger partial charge is 0.484 e. The Morgan fingerprint density at radius 2 is 1.61 bits per heavy atom. The van der Waals surface area contributed by atoms with Crippen molar-refractivity contribution >= 4 is 32.4 Å². The zero-order valence-corrected chi connectivity index (χ0v) is 18.1. The van der Waals surface area contributed by atoms with Crippen LogP contribution in [0.5, 0.6) is 5.75 Å². The zero-order chi connectivity index (χ0) is 21.8. The van der Waals surface area contributed by atoms with E-state index in [0.29, 0.717) is 37.6 Å². The Morgan fingerprint density at radius 1 is 0.935 bits per heavy atom. The first-order valence-corrected chi connectivity index (χ1v) is 11.6. The van der Waals surface area contributed by atoms with E-state index in [1.54, 1.807) is 12.1 Å². The molecule has 1 amide bonds. The number of ether oxygens (including phenoxy) is 1. The number of rotatable bonds is 6. The normalized spacial score (nSPS) is 15.6. The molecule has 7 nitrogen and oxygen atoms in total. The topological polar surface area (TPSA) is 79.0 Å². The minimum absolute atomic E-state index is 0.139. The van der Waals surface area contributed by atoms with Gasteiger partial charge >= 0.3 is 0 Å². The number of benzene rings is 3. The second-order valence-corrected chi connectivity index (χ2v) is 9.52. The van der Waals surface area contributed by atoms with E-state index in [4.69, 9.17) is 4.74 Å². The van der Waals surface area contributed by atoms with Crippen LogP contribution in [0.1, 0.15) is 0 Å². The van der Waals surface area contributed by atoms with Gasteiger partial charge in [-0.1, -0.05) is 30.3 Å². The summed E-state index contributed by atoms with van der Waals surface area (Å²) in [5.41, 5.74) is 0.518. The third-order valence-corrected chi connectivity index (χ3v) is 7.24. The first-order valence-electron chi connectivity index (χ1n) is 10.1. The molecule has 8 heteroatoms. The van der Waals surface area contributed by atoms with Gasteiger partial charge in [0.1, 0.15) is 5.75 Å². The molecule has 162 valence electrons. The van der Waals surface area contributed by atoms with Crippen molar-refractivity contribution in [1.29, 1.82) is 0 Å². The molecule has 1 aliphatic rings. The Kier molecular flexibility index (Phi) is 6.22. The second-order valence-electron chi connectivity index (χ2n) is 7.58. The molecule has 1 aliphatic heterocycles. The number of likely N-dealkylation sites (N-methyl/N-ethyl adjacent to an activating group) is 1. The van der Waals surface area contributed by atoms with Crippen molar-refractivity contribution in [3.8, 4) is 5.75 Å². The number of amides is 1. The lowest BCUT2D eigenvalue weighted by Gasteiger charge is -2.31. The fraction of sp³-hybridized carbons (Fsp3) is 0.261. The molecule has 0 unspecified atom stereocenters. The summed E-state index contributed by atoms with van der Waals surface area (Å²) in [6, 6.07) is 19.8. The van der Waals surface area contributed by atoms with E-state index in [2.05, 4.69) is 10.2 Å². The molecular formula is C23H25N3O4S. The van der Waals surface area contributed by atoms with E-state index < -0.39 is 10.0 Å². The van der Waals surface area contributed by atoms with Crippen molar-refractivity contribution in [2.24, 2.45) is 0 Å². The maximum atomic E-state index is 12.8. The summed E-state index contributed by atoms with van der Waals surface area (Å²) in [6.07, 6.45) is 0. The van der Waals surface area contributed by atoms with Crippen molar-refractivity contribution < 1.29 is 17.9 Å². The molecule has 0 bridgehead atoms. The van der Waals surface area contributed by atoms with Crippen LogP contribution >= 0.6 is 0 Å². The number of hydrogen-bond donors (Lipinski definition) is 1. The van der Waals surface area contributed by atoms with Gasteiger partial charge in [-0.3, -0.25) is 4.79 Å². The maximum Gasteiger partial charge on any atom is 0.262 e. The van der Waals surface area contributed by atoms with Crippen LogP contribution in [0.4, 0.5) is 5.69 Å². The third kappa shape index (κ3) is 5.04. The van der Waals surface area contributed by atoms with Crippen LogP contribution in [0, 0.1) is 0 Å². The average molecular weight is 440 g/mol. The number of nitrogens with zero attached hydrogens (tertiary/aromatic N) is 2. The van der Waals surface area contributed by atoms with E-state index in [-0.39, 0.29) is 17.4 Å². The molecule has 1 fully saturated rings. The first kappa shape index (κ1) is 21.3. The molecule has 0 atom stereocenters. The molecule has 3 aromatic rings. The number of piperazine rings is 1. The number of sulfonamides is 1. The lowest BCUT2D eigenvalue weighted by molar-refractivity contribution is -0.118. The van der Waals surface area contributed by atoms with Crippen molar-refractivity contribution in [3.05, 3.63) is 66.7 Å². The van der Waals surface area contributed by atoms with E-state index in [1.807, 2.05) is 49.5 Å². The van der Waals surface area contributed by atoms with E-state index >= 15 is 0 Å².